The van der Waals surface area contributed by atoms with Crippen LogP contribution in [0.5, 0.6) is 5.75 Å². The van der Waals surface area contributed by atoms with Gasteiger partial charge in [0.2, 0.25) is 0 Å². The maximum absolute atomic E-state index is 5.49. The predicted molar refractivity (Wildman–Crippen MR) is 77.8 cm³/mol. The first-order valence-electron chi connectivity index (χ1n) is 7.20. The minimum atomic E-state index is 0.389. The van der Waals surface area contributed by atoms with Gasteiger partial charge in [0.15, 0.2) is 0 Å². The van der Waals surface area contributed by atoms with Gasteiger partial charge in [0, 0.05) is 30.5 Å². The first-order chi connectivity index (χ1) is 9.81. The van der Waals surface area contributed by atoms with Crippen LogP contribution in [0.4, 0.5) is 0 Å². The molecule has 1 aromatic carbocycles. The van der Waals surface area contributed by atoms with Crippen molar-refractivity contribution in [3.8, 4) is 17.0 Å². The molecule has 1 saturated heterocycles. The second kappa shape index (κ2) is 4.35. The highest BCUT2D eigenvalue weighted by molar-refractivity contribution is 5.67. The van der Waals surface area contributed by atoms with Crippen LogP contribution in [0.25, 0.3) is 11.3 Å². The molecule has 0 bridgehead atoms. The van der Waals surface area contributed by atoms with E-state index in [4.69, 9.17) is 4.74 Å². The first kappa shape index (κ1) is 12.0. The van der Waals surface area contributed by atoms with E-state index in [2.05, 4.69) is 27.0 Å². The number of hydrogen-bond acceptors (Lipinski definition) is 3. The lowest BCUT2D eigenvalue weighted by atomic mass is 9.86. The number of benzene rings is 1. The molecule has 2 aromatic rings. The zero-order chi connectivity index (χ0) is 13.6. The second-order valence-electron chi connectivity index (χ2n) is 5.95. The van der Waals surface area contributed by atoms with Crippen LogP contribution in [0.3, 0.4) is 0 Å². The topological polar surface area (TPSA) is 39.1 Å². The van der Waals surface area contributed by atoms with E-state index in [-0.39, 0.29) is 0 Å². The summed E-state index contributed by atoms with van der Waals surface area (Å²) in [4.78, 5) is 4.65. The summed E-state index contributed by atoms with van der Waals surface area (Å²) in [5.41, 5.74) is 2.71. The van der Waals surface area contributed by atoms with Crippen molar-refractivity contribution in [2.75, 3.05) is 20.2 Å². The average Bonchev–Trinajstić information content (AvgIpc) is 3.16. The lowest BCUT2D eigenvalue weighted by Crippen LogP contribution is -2.25. The molecule has 4 rings (SSSR count). The molecular formula is C16H19N3O. The number of rotatable bonds is 2. The number of ether oxygens (including phenoxy) is 1. The molecule has 1 unspecified atom stereocenters. The van der Waals surface area contributed by atoms with Gasteiger partial charge in [-0.1, -0.05) is 12.1 Å². The van der Waals surface area contributed by atoms with Crippen molar-refractivity contribution in [3.63, 3.8) is 0 Å². The van der Waals surface area contributed by atoms with Gasteiger partial charge in [0.1, 0.15) is 11.6 Å². The molecule has 0 saturated carbocycles. The molecule has 3 heterocycles. The van der Waals surface area contributed by atoms with E-state index in [0.29, 0.717) is 5.41 Å². The summed E-state index contributed by atoms with van der Waals surface area (Å²) in [6, 6.07) is 8.18. The summed E-state index contributed by atoms with van der Waals surface area (Å²) < 4.78 is 7.87. The second-order valence-corrected chi connectivity index (χ2v) is 5.95. The number of methoxy groups -OCH3 is 1. The molecule has 1 atom stereocenters. The fraction of sp³-hybridized carbons (Fsp3) is 0.438. The van der Waals surface area contributed by atoms with E-state index in [1.807, 2.05) is 18.3 Å². The Balaban J connectivity index is 1.76. The molecule has 20 heavy (non-hydrogen) atoms. The number of imidazole rings is 1. The molecule has 1 N–H and O–H groups in total. The van der Waals surface area contributed by atoms with Crippen LogP contribution in [0.1, 0.15) is 12.2 Å². The largest absolute Gasteiger partial charge is 0.496 e. The van der Waals surface area contributed by atoms with Gasteiger partial charge in [-0.15, -0.1) is 0 Å². The Bertz CT molecular complexity index is 641. The zero-order valence-electron chi connectivity index (χ0n) is 11.7. The number of hydrogen-bond donors (Lipinski definition) is 1. The van der Waals surface area contributed by atoms with Crippen molar-refractivity contribution in [3.05, 3.63) is 36.3 Å². The van der Waals surface area contributed by atoms with Crippen LogP contribution in [-0.2, 0) is 13.0 Å². The van der Waals surface area contributed by atoms with Crippen molar-refractivity contribution >= 4 is 0 Å². The Morgan fingerprint density at radius 1 is 1.35 bits per heavy atom. The van der Waals surface area contributed by atoms with Crippen LogP contribution >= 0.6 is 0 Å². The van der Waals surface area contributed by atoms with E-state index in [9.17, 15) is 0 Å². The Kier molecular flexibility index (Phi) is 2.60. The number of fused-ring (bicyclic) bond motifs is 1. The highest BCUT2D eigenvalue weighted by Crippen LogP contribution is 2.41. The van der Waals surface area contributed by atoms with Crippen LogP contribution in [0.2, 0.25) is 0 Å². The highest BCUT2D eigenvalue weighted by atomic mass is 16.5. The fourth-order valence-electron chi connectivity index (χ4n) is 3.61. The molecule has 4 heteroatoms. The minimum Gasteiger partial charge on any atom is -0.496 e. The van der Waals surface area contributed by atoms with Crippen molar-refractivity contribution in [1.82, 2.24) is 14.9 Å². The van der Waals surface area contributed by atoms with Crippen LogP contribution in [0.15, 0.2) is 30.5 Å². The molecule has 1 aromatic heterocycles. The molecule has 0 radical (unpaired) electrons. The number of para-hydroxylation sites is 1. The van der Waals surface area contributed by atoms with Gasteiger partial charge in [-0.25, -0.2) is 4.98 Å². The highest BCUT2D eigenvalue weighted by Gasteiger charge is 2.41. The molecule has 4 nitrogen and oxygen atoms in total. The van der Waals surface area contributed by atoms with Crippen LogP contribution in [-0.4, -0.2) is 29.8 Å². The standard InChI is InChI=1S/C16H19N3O/c1-20-14-5-3-2-4-12(14)13-9-18-15-8-16(11-19(13)15)6-7-17-10-16/h2-5,9,17H,6-8,10-11H2,1H3. The number of nitrogens with zero attached hydrogens (tertiary/aromatic N) is 2. The minimum absolute atomic E-state index is 0.389. The average molecular weight is 269 g/mol. The summed E-state index contributed by atoms with van der Waals surface area (Å²) in [5.74, 6) is 2.13. The zero-order valence-corrected chi connectivity index (χ0v) is 11.7. The Morgan fingerprint density at radius 3 is 3.05 bits per heavy atom. The molecule has 2 aliphatic rings. The first-order valence-corrected chi connectivity index (χ1v) is 7.20. The van der Waals surface area contributed by atoms with Gasteiger partial charge < -0.3 is 14.6 Å². The van der Waals surface area contributed by atoms with Gasteiger partial charge in [0.25, 0.3) is 0 Å². The van der Waals surface area contributed by atoms with Crippen LogP contribution < -0.4 is 10.1 Å². The Hall–Kier alpha value is -1.81. The maximum atomic E-state index is 5.49. The van der Waals surface area contributed by atoms with E-state index in [1.165, 1.54) is 17.9 Å². The molecule has 2 aliphatic heterocycles. The molecule has 1 fully saturated rings. The van der Waals surface area contributed by atoms with E-state index < -0.39 is 0 Å². The smallest absolute Gasteiger partial charge is 0.128 e. The maximum Gasteiger partial charge on any atom is 0.128 e. The molecular weight excluding hydrogens is 250 g/mol. The fourth-order valence-corrected chi connectivity index (χ4v) is 3.61. The predicted octanol–water partition coefficient (Wildman–Crippen LogP) is 2.09. The molecule has 104 valence electrons. The third-order valence-electron chi connectivity index (χ3n) is 4.68. The summed E-state index contributed by atoms with van der Waals surface area (Å²) in [6.45, 7) is 3.32. The van der Waals surface area contributed by atoms with Crippen molar-refractivity contribution in [1.29, 1.82) is 0 Å². The van der Waals surface area contributed by atoms with Gasteiger partial charge in [0.05, 0.1) is 19.0 Å². The van der Waals surface area contributed by atoms with Crippen molar-refractivity contribution in [2.24, 2.45) is 5.41 Å². The summed E-state index contributed by atoms with van der Waals surface area (Å²) in [5, 5.41) is 3.50. The third kappa shape index (κ3) is 1.68. The van der Waals surface area contributed by atoms with Gasteiger partial charge in [-0.3, -0.25) is 0 Å². The van der Waals surface area contributed by atoms with Crippen molar-refractivity contribution < 1.29 is 4.74 Å². The molecule has 0 amide bonds. The molecule has 0 aliphatic carbocycles. The Morgan fingerprint density at radius 2 is 2.25 bits per heavy atom. The number of aromatic nitrogens is 2. The van der Waals surface area contributed by atoms with E-state index in [1.54, 1.807) is 7.11 Å². The quantitative estimate of drug-likeness (QED) is 0.907. The SMILES string of the molecule is COc1ccccc1-c1cnc2n1CC1(CCNC1)C2. The number of nitrogens with one attached hydrogen (secondary N) is 1. The van der Waals surface area contributed by atoms with E-state index in [0.717, 1.165) is 37.4 Å². The lowest BCUT2D eigenvalue weighted by Gasteiger charge is -2.20. The third-order valence-corrected chi connectivity index (χ3v) is 4.68. The van der Waals surface area contributed by atoms with Crippen LogP contribution in [0, 0.1) is 5.41 Å². The van der Waals surface area contributed by atoms with Crippen molar-refractivity contribution in [2.45, 2.75) is 19.4 Å². The van der Waals surface area contributed by atoms with Gasteiger partial charge in [-0.2, -0.15) is 0 Å². The monoisotopic (exact) mass is 269 g/mol. The van der Waals surface area contributed by atoms with E-state index >= 15 is 0 Å². The van der Waals surface area contributed by atoms with Gasteiger partial charge >= 0.3 is 0 Å². The summed E-state index contributed by atoms with van der Waals surface area (Å²) in [6.07, 6.45) is 4.33. The van der Waals surface area contributed by atoms with Gasteiger partial charge in [-0.05, 0) is 25.1 Å². The Labute approximate surface area is 118 Å². The lowest BCUT2D eigenvalue weighted by molar-refractivity contribution is 0.317. The summed E-state index contributed by atoms with van der Waals surface area (Å²) >= 11 is 0. The normalized spacial score (nSPS) is 24.2. The molecule has 1 spiro atoms. The summed E-state index contributed by atoms with van der Waals surface area (Å²) in [7, 11) is 1.72.